The Labute approximate surface area is 117 Å². The zero-order chi connectivity index (χ0) is 12.8. The second-order valence-corrected chi connectivity index (χ2v) is 4.58. The fraction of sp³-hybridized carbons (Fsp3) is 0. The Bertz CT molecular complexity index is 546. The smallest absolute Gasteiger partial charge is 0.0592 e. The lowest BCUT2D eigenvalue weighted by molar-refractivity contribution is 1.71. The van der Waals surface area contributed by atoms with E-state index in [-0.39, 0.29) is 0 Å². The summed E-state index contributed by atoms with van der Waals surface area (Å²) >= 11 is 11.2. The molecule has 0 aliphatic rings. The third-order valence-corrected chi connectivity index (χ3v) is 3.24. The molecule has 3 rings (SSSR count). The molecule has 0 bridgehead atoms. The molecule has 3 aromatic carbocycles. The number of hydrogen-bond acceptors (Lipinski definition) is 0. The normalized spacial score (nSPS) is 9.67. The van der Waals surface area contributed by atoms with Gasteiger partial charge in [0.05, 0.1) is 10.0 Å². The quantitative estimate of drug-likeness (QED) is 0.484. The fourth-order valence-electron chi connectivity index (χ4n) is 1.57. The molecule has 0 amide bonds. The van der Waals surface area contributed by atoms with E-state index >= 15 is 0 Å². The second kappa shape index (κ2) is 6.44. The Morgan fingerprint density at radius 2 is 0.722 bits per heavy atom. The Hall–Kier alpha value is -1.50. The summed E-state index contributed by atoms with van der Waals surface area (Å²) in [7, 11) is 0. The van der Waals surface area contributed by atoms with Gasteiger partial charge in [-0.2, -0.15) is 0 Å². The van der Waals surface area contributed by atoms with Crippen molar-refractivity contribution in [1.29, 1.82) is 0 Å². The molecule has 0 atom stereocenters. The van der Waals surface area contributed by atoms with Gasteiger partial charge in [0.1, 0.15) is 0 Å². The summed E-state index contributed by atoms with van der Waals surface area (Å²) in [5, 5.41) is 3.83. The van der Waals surface area contributed by atoms with Gasteiger partial charge < -0.3 is 0 Å². The van der Waals surface area contributed by atoms with Crippen LogP contribution in [0, 0.1) is 0 Å². The molecule has 18 heavy (non-hydrogen) atoms. The van der Waals surface area contributed by atoms with Crippen molar-refractivity contribution in [2.24, 2.45) is 0 Å². The zero-order valence-electron chi connectivity index (χ0n) is 9.68. The van der Waals surface area contributed by atoms with Gasteiger partial charge in [-0.05, 0) is 22.9 Å². The summed E-state index contributed by atoms with van der Waals surface area (Å²) in [6.07, 6.45) is 0. The molecule has 90 valence electrons. The first kappa shape index (κ1) is 12.9. The molecule has 0 saturated heterocycles. The number of benzene rings is 3. The maximum Gasteiger partial charge on any atom is 0.0592 e. The van der Waals surface area contributed by atoms with Crippen LogP contribution in [-0.4, -0.2) is 0 Å². The molecule has 0 aliphatic carbocycles. The highest BCUT2D eigenvalue weighted by Crippen LogP contribution is 2.19. The Morgan fingerprint density at radius 3 is 1.00 bits per heavy atom. The van der Waals surface area contributed by atoms with E-state index in [0.717, 1.165) is 0 Å². The Balaban J connectivity index is 0.000000138. The third-order valence-electron chi connectivity index (χ3n) is 2.48. The minimum Gasteiger partial charge on any atom is -0.0827 e. The molecule has 0 aliphatic heterocycles. The molecular formula is C16H12Cl2. The second-order valence-electron chi connectivity index (χ2n) is 3.76. The number of halogens is 2. The van der Waals surface area contributed by atoms with Gasteiger partial charge in [-0.25, -0.2) is 0 Å². The molecule has 0 unspecified atom stereocenters. The molecule has 0 spiro atoms. The predicted molar refractivity (Wildman–Crippen MR) is 80.4 cm³/mol. The first-order chi connectivity index (χ1) is 8.77. The van der Waals surface area contributed by atoms with E-state index in [9.17, 15) is 0 Å². The van der Waals surface area contributed by atoms with Gasteiger partial charge in [-0.1, -0.05) is 83.9 Å². The molecule has 0 fully saturated rings. The number of hydrogen-bond donors (Lipinski definition) is 0. The lowest BCUT2D eigenvalue weighted by Gasteiger charge is -1.92. The van der Waals surface area contributed by atoms with Crippen molar-refractivity contribution >= 4 is 34.0 Å². The van der Waals surface area contributed by atoms with Crippen LogP contribution in [0.2, 0.25) is 10.0 Å². The summed E-state index contributed by atoms with van der Waals surface area (Å²) in [4.78, 5) is 0. The van der Waals surface area contributed by atoms with Crippen LogP contribution in [0.1, 0.15) is 0 Å². The molecule has 0 heterocycles. The Morgan fingerprint density at radius 1 is 0.444 bits per heavy atom. The first-order valence-corrected chi connectivity index (χ1v) is 6.37. The fourth-order valence-corrected chi connectivity index (χ4v) is 1.84. The van der Waals surface area contributed by atoms with Gasteiger partial charge in [-0.15, -0.1) is 0 Å². The molecule has 2 heteroatoms. The molecule has 0 nitrogen and oxygen atoms in total. The lowest BCUT2D eigenvalue weighted by Crippen LogP contribution is -1.67. The zero-order valence-corrected chi connectivity index (χ0v) is 11.2. The van der Waals surface area contributed by atoms with Crippen molar-refractivity contribution in [3.8, 4) is 0 Å². The van der Waals surface area contributed by atoms with Gasteiger partial charge in [0.15, 0.2) is 0 Å². The van der Waals surface area contributed by atoms with E-state index in [0.29, 0.717) is 10.0 Å². The third kappa shape index (κ3) is 3.49. The van der Waals surface area contributed by atoms with E-state index in [4.69, 9.17) is 23.2 Å². The highest BCUT2D eigenvalue weighted by Gasteiger charge is 1.89. The van der Waals surface area contributed by atoms with Crippen molar-refractivity contribution in [2.45, 2.75) is 0 Å². The number of fused-ring (bicyclic) bond motifs is 1. The van der Waals surface area contributed by atoms with E-state index < -0.39 is 0 Å². The number of rotatable bonds is 0. The first-order valence-electron chi connectivity index (χ1n) is 5.61. The minimum absolute atomic E-state index is 0.606. The summed E-state index contributed by atoms with van der Waals surface area (Å²) in [6.45, 7) is 0. The summed E-state index contributed by atoms with van der Waals surface area (Å²) in [6, 6.07) is 23.9. The molecule has 0 aromatic heterocycles. The average Bonchev–Trinajstić information content (AvgIpc) is 2.43. The Kier molecular flexibility index (Phi) is 4.63. The van der Waals surface area contributed by atoms with Gasteiger partial charge in [0.2, 0.25) is 0 Å². The van der Waals surface area contributed by atoms with Crippen molar-refractivity contribution in [2.75, 3.05) is 0 Å². The van der Waals surface area contributed by atoms with Crippen molar-refractivity contribution < 1.29 is 0 Å². The average molecular weight is 275 g/mol. The van der Waals surface area contributed by atoms with Crippen LogP contribution in [-0.2, 0) is 0 Å². The summed E-state index contributed by atoms with van der Waals surface area (Å²) in [5.41, 5.74) is 0. The van der Waals surface area contributed by atoms with Gasteiger partial charge >= 0.3 is 0 Å². The minimum atomic E-state index is 0.606. The van der Waals surface area contributed by atoms with Crippen molar-refractivity contribution in [3.05, 3.63) is 82.8 Å². The van der Waals surface area contributed by atoms with Crippen molar-refractivity contribution in [1.82, 2.24) is 0 Å². The van der Waals surface area contributed by atoms with Crippen LogP contribution < -0.4 is 0 Å². The maximum absolute atomic E-state index is 5.58. The van der Waals surface area contributed by atoms with Crippen LogP contribution >= 0.6 is 23.2 Å². The maximum atomic E-state index is 5.58. The van der Waals surface area contributed by atoms with Crippen LogP contribution in [0.5, 0.6) is 0 Å². The van der Waals surface area contributed by atoms with Gasteiger partial charge in [-0.3, -0.25) is 0 Å². The van der Waals surface area contributed by atoms with E-state index in [1.54, 1.807) is 12.1 Å². The summed E-state index contributed by atoms with van der Waals surface area (Å²) < 4.78 is 0. The molecule has 0 radical (unpaired) electrons. The molecule has 0 saturated carbocycles. The van der Waals surface area contributed by atoms with Crippen LogP contribution in [0.15, 0.2) is 72.8 Å². The SMILES string of the molecule is Clc1ccccc1Cl.c1ccc2ccccc2c1. The van der Waals surface area contributed by atoms with Gasteiger partial charge in [0, 0.05) is 0 Å². The molecular weight excluding hydrogens is 263 g/mol. The van der Waals surface area contributed by atoms with Crippen LogP contribution in [0.4, 0.5) is 0 Å². The van der Waals surface area contributed by atoms with Crippen LogP contribution in [0.25, 0.3) is 10.8 Å². The predicted octanol–water partition coefficient (Wildman–Crippen LogP) is 5.83. The van der Waals surface area contributed by atoms with E-state index in [2.05, 4.69) is 48.5 Å². The van der Waals surface area contributed by atoms with E-state index in [1.165, 1.54) is 10.8 Å². The van der Waals surface area contributed by atoms with Crippen LogP contribution in [0.3, 0.4) is 0 Å². The highest BCUT2D eigenvalue weighted by molar-refractivity contribution is 6.41. The topological polar surface area (TPSA) is 0 Å². The standard InChI is InChI=1S/C10H8.C6H4Cl2/c1-2-6-10-8-4-3-7-9(10)5-1;7-5-3-1-2-4-6(5)8/h1-8H;1-4H. The molecule has 3 aromatic rings. The van der Waals surface area contributed by atoms with Crippen molar-refractivity contribution in [3.63, 3.8) is 0 Å². The summed E-state index contributed by atoms with van der Waals surface area (Å²) in [5.74, 6) is 0. The monoisotopic (exact) mass is 274 g/mol. The van der Waals surface area contributed by atoms with Gasteiger partial charge in [0.25, 0.3) is 0 Å². The lowest BCUT2D eigenvalue weighted by atomic mass is 10.1. The highest BCUT2D eigenvalue weighted by atomic mass is 35.5. The largest absolute Gasteiger partial charge is 0.0827 e. The molecule has 0 N–H and O–H groups in total. The van der Waals surface area contributed by atoms with E-state index in [1.807, 2.05) is 12.1 Å².